The fourth-order valence-electron chi connectivity index (χ4n) is 1.10. The van der Waals surface area contributed by atoms with Gasteiger partial charge in [-0.05, 0) is 19.3 Å². The van der Waals surface area contributed by atoms with Gasteiger partial charge in [-0.3, -0.25) is 0 Å². The van der Waals surface area contributed by atoms with Crippen LogP contribution >= 0.6 is 0 Å². The zero-order valence-electron chi connectivity index (χ0n) is 5.23. The predicted molar refractivity (Wildman–Crippen MR) is 33.6 cm³/mol. The molecule has 1 rings (SSSR count). The largest absolute Gasteiger partial charge is 0.378 e. The van der Waals surface area contributed by atoms with Crippen LogP contribution in [0.3, 0.4) is 0 Å². The smallest absolute Gasteiger partial charge is 0.0576 e. The first-order valence-electron chi connectivity index (χ1n) is 3.34. The first-order valence-corrected chi connectivity index (χ1v) is 3.34. The molecule has 1 atom stereocenters. The summed E-state index contributed by atoms with van der Waals surface area (Å²) in [6.07, 6.45) is 5.23. The summed E-state index contributed by atoms with van der Waals surface area (Å²) in [7, 11) is 0. The molecule has 1 aliphatic rings. The molecule has 0 aliphatic carbocycles. The zero-order chi connectivity index (χ0) is 5.82. The van der Waals surface area contributed by atoms with Gasteiger partial charge in [0.15, 0.2) is 0 Å². The quantitative estimate of drug-likeness (QED) is 0.530. The van der Waals surface area contributed by atoms with Crippen molar-refractivity contribution in [2.24, 2.45) is 0 Å². The lowest BCUT2D eigenvalue weighted by Crippen LogP contribution is -2.02. The molecule has 1 fully saturated rings. The van der Waals surface area contributed by atoms with Crippen molar-refractivity contribution in [2.45, 2.75) is 31.8 Å². The van der Waals surface area contributed by atoms with Crippen molar-refractivity contribution >= 4 is 0 Å². The highest BCUT2D eigenvalue weighted by Crippen LogP contribution is 2.15. The molecule has 1 aliphatic heterocycles. The summed E-state index contributed by atoms with van der Waals surface area (Å²) >= 11 is 0. The fourth-order valence-corrected chi connectivity index (χ4v) is 1.10. The average Bonchev–Trinajstić information content (AvgIpc) is 2.19. The Balaban J connectivity index is 2.06. The number of hydrogen-bond acceptors (Lipinski definition) is 1. The molecule has 8 heavy (non-hydrogen) atoms. The second-order valence-electron chi connectivity index (χ2n) is 2.28. The molecule has 0 N–H and O–H groups in total. The van der Waals surface area contributed by atoms with Crippen molar-refractivity contribution < 1.29 is 4.74 Å². The van der Waals surface area contributed by atoms with E-state index in [1.165, 1.54) is 12.8 Å². The Kier molecular flexibility index (Phi) is 2.34. The van der Waals surface area contributed by atoms with Gasteiger partial charge in [-0.25, -0.2) is 0 Å². The third-order valence-electron chi connectivity index (χ3n) is 1.55. The molecule has 0 aromatic carbocycles. The molecular weight excluding hydrogens is 100 g/mol. The summed E-state index contributed by atoms with van der Waals surface area (Å²) in [6, 6.07) is 0. The third-order valence-corrected chi connectivity index (χ3v) is 1.55. The summed E-state index contributed by atoms with van der Waals surface area (Å²) in [4.78, 5) is 0. The topological polar surface area (TPSA) is 9.23 Å². The maximum absolute atomic E-state index is 5.35. The lowest BCUT2D eigenvalue weighted by Gasteiger charge is -2.04. The highest BCUT2D eigenvalue weighted by atomic mass is 16.5. The second kappa shape index (κ2) is 3.08. The highest BCUT2D eigenvalue weighted by molar-refractivity contribution is 4.64. The molecule has 0 aromatic heterocycles. The van der Waals surface area contributed by atoms with Crippen molar-refractivity contribution in [3.05, 3.63) is 6.92 Å². The molecule has 0 bridgehead atoms. The van der Waals surface area contributed by atoms with E-state index in [-0.39, 0.29) is 0 Å². The molecule has 1 nitrogen and oxygen atoms in total. The second-order valence-corrected chi connectivity index (χ2v) is 2.28. The van der Waals surface area contributed by atoms with Gasteiger partial charge in [0, 0.05) is 6.61 Å². The minimum atomic E-state index is 0.549. The SMILES string of the molecule is [CH2]CCC1CCCO1. The maximum Gasteiger partial charge on any atom is 0.0576 e. The average molecular weight is 113 g/mol. The van der Waals surface area contributed by atoms with Crippen molar-refractivity contribution in [1.82, 2.24) is 0 Å². The van der Waals surface area contributed by atoms with E-state index >= 15 is 0 Å². The van der Waals surface area contributed by atoms with Gasteiger partial charge in [-0.1, -0.05) is 13.3 Å². The molecule has 1 heterocycles. The Morgan fingerprint density at radius 3 is 3.00 bits per heavy atom. The first-order chi connectivity index (χ1) is 3.93. The minimum absolute atomic E-state index is 0.549. The molecule has 1 unspecified atom stereocenters. The van der Waals surface area contributed by atoms with E-state index in [9.17, 15) is 0 Å². The van der Waals surface area contributed by atoms with Crippen LogP contribution in [0.15, 0.2) is 0 Å². The van der Waals surface area contributed by atoms with Gasteiger partial charge in [0.1, 0.15) is 0 Å². The Hall–Kier alpha value is -0.0400. The molecule has 0 saturated carbocycles. The summed E-state index contributed by atoms with van der Waals surface area (Å²) in [5, 5.41) is 0. The molecule has 1 heteroatoms. The van der Waals surface area contributed by atoms with Crippen LogP contribution in [0, 0.1) is 6.92 Å². The Morgan fingerprint density at radius 2 is 2.50 bits per heavy atom. The van der Waals surface area contributed by atoms with Crippen molar-refractivity contribution in [1.29, 1.82) is 0 Å². The number of ether oxygens (including phenoxy) is 1. The zero-order valence-corrected chi connectivity index (χ0v) is 5.23. The normalized spacial score (nSPS) is 28.9. The predicted octanol–water partition coefficient (Wildman–Crippen LogP) is 1.78. The van der Waals surface area contributed by atoms with Crippen LogP contribution in [0.2, 0.25) is 0 Å². The van der Waals surface area contributed by atoms with Crippen LogP contribution in [0.5, 0.6) is 0 Å². The van der Waals surface area contributed by atoms with Crippen LogP contribution in [-0.2, 0) is 4.74 Å². The van der Waals surface area contributed by atoms with Gasteiger partial charge in [-0.2, -0.15) is 0 Å². The van der Waals surface area contributed by atoms with Crippen LogP contribution in [0.1, 0.15) is 25.7 Å². The number of rotatable bonds is 2. The fraction of sp³-hybridized carbons (Fsp3) is 0.857. The Bertz CT molecular complexity index is 55.4. The lowest BCUT2D eigenvalue weighted by molar-refractivity contribution is 0.105. The van der Waals surface area contributed by atoms with Gasteiger partial charge in [0.25, 0.3) is 0 Å². The molecule has 1 saturated heterocycles. The summed E-state index contributed by atoms with van der Waals surface area (Å²) in [5.41, 5.74) is 0. The first kappa shape index (κ1) is 6.09. The molecule has 1 radical (unpaired) electrons. The summed E-state index contributed by atoms with van der Waals surface area (Å²) < 4.78 is 5.35. The lowest BCUT2D eigenvalue weighted by atomic mass is 10.1. The molecule has 47 valence electrons. The summed E-state index contributed by atoms with van der Waals surface area (Å²) in [6.45, 7) is 4.75. The monoisotopic (exact) mass is 113 g/mol. The van der Waals surface area contributed by atoms with Gasteiger partial charge >= 0.3 is 0 Å². The molecule has 0 aromatic rings. The van der Waals surface area contributed by atoms with E-state index in [0.717, 1.165) is 19.4 Å². The van der Waals surface area contributed by atoms with E-state index in [2.05, 4.69) is 6.92 Å². The van der Waals surface area contributed by atoms with E-state index in [1.54, 1.807) is 0 Å². The third kappa shape index (κ3) is 1.48. The Labute approximate surface area is 51.0 Å². The van der Waals surface area contributed by atoms with Crippen LogP contribution in [0.4, 0.5) is 0 Å². The molecule has 0 spiro atoms. The minimum Gasteiger partial charge on any atom is -0.378 e. The van der Waals surface area contributed by atoms with Crippen LogP contribution in [-0.4, -0.2) is 12.7 Å². The van der Waals surface area contributed by atoms with E-state index in [4.69, 9.17) is 4.74 Å². The van der Waals surface area contributed by atoms with Crippen molar-refractivity contribution in [2.75, 3.05) is 6.61 Å². The van der Waals surface area contributed by atoms with Gasteiger partial charge < -0.3 is 4.74 Å². The van der Waals surface area contributed by atoms with E-state index in [0.29, 0.717) is 6.10 Å². The van der Waals surface area contributed by atoms with E-state index in [1.807, 2.05) is 0 Å². The van der Waals surface area contributed by atoms with Gasteiger partial charge in [0.2, 0.25) is 0 Å². The number of hydrogen-bond donors (Lipinski definition) is 0. The Morgan fingerprint density at radius 1 is 1.62 bits per heavy atom. The molecular formula is C7H13O. The van der Waals surface area contributed by atoms with Crippen LogP contribution < -0.4 is 0 Å². The van der Waals surface area contributed by atoms with Crippen LogP contribution in [0.25, 0.3) is 0 Å². The standard InChI is InChI=1S/C7H13O/c1-2-4-7-5-3-6-8-7/h7H,1-6H2. The summed E-state index contributed by atoms with van der Waals surface area (Å²) in [5.74, 6) is 0. The van der Waals surface area contributed by atoms with Crippen molar-refractivity contribution in [3.8, 4) is 0 Å². The van der Waals surface area contributed by atoms with E-state index < -0.39 is 0 Å². The molecule has 0 amide bonds. The van der Waals surface area contributed by atoms with Gasteiger partial charge in [-0.15, -0.1) is 0 Å². The maximum atomic E-state index is 5.35. The highest BCUT2D eigenvalue weighted by Gasteiger charge is 2.12. The van der Waals surface area contributed by atoms with Crippen molar-refractivity contribution in [3.63, 3.8) is 0 Å². The van der Waals surface area contributed by atoms with Gasteiger partial charge in [0.05, 0.1) is 6.10 Å².